The third-order valence-electron chi connectivity index (χ3n) is 4.60. The zero-order chi connectivity index (χ0) is 16.4. The van der Waals surface area contributed by atoms with Gasteiger partial charge in [0.25, 0.3) is 0 Å². The van der Waals surface area contributed by atoms with Crippen molar-refractivity contribution >= 4 is 0 Å². The second-order valence-electron chi connectivity index (χ2n) is 7.64. The predicted molar refractivity (Wildman–Crippen MR) is 92.8 cm³/mol. The van der Waals surface area contributed by atoms with Gasteiger partial charge >= 0.3 is 0 Å². The van der Waals surface area contributed by atoms with Crippen molar-refractivity contribution in [3.63, 3.8) is 0 Å². The topological polar surface area (TPSA) is 41.1 Å². The van der Waals surface area contributed by atoms with Crippen LogP contribution in [0.5, 0.6) is 5.75 Å². The maximum atomic E-state index is 5.28. The molecule has 4 nitrogen and oxygen atoms in total. The molecule has 124 valence electrons. The molecule has 0 saturated carbocycles. The summed E-state index contributed by atoms with van der Waals surface area (Å²) in [7, 11) is 1.70. The Bertz CT molecular complexity index is 639. The number of aromatic amines is 1. The summed E-state index contributed by atoms with van der Waals surface area (Å²) in [6.07, 6.45) is 3.03. The number of hydrogen-bond acceptors (Lipinski definition) is 3. The van der Waals surface area contributed by atoms with Crippen molar-refractivity contribution in [3.05, 3.63) is 47.5 Å². The first-order valence-electron chi connectivity index (χ1n) is 8.35. The molecule has 1 aromatic carbocycles. The van der Waals surface area contributed by atoms with E-state index in [1.54, 1.807) is 7.11 Å². The minimum atomic E-state index is 0.330. The van der Waals surface area contributed by atoms with Crippen molar-refractivity contribution < 1.29 is 4.74 Å². The zero-order valence-corrected chi connectivity index (χ0v) is 14.6. The van der Waals surface area contributed by atoms with E-state index in [2.05, 4.69) is 47.8 Å². The molecule has 3 rings (SSSR count). The summed E-state index contributed by atoms with van der Waals surface area (Å²) in [4.78, 5) is 10.5. The summed E-state index contributed by atoms with van der Waals surface area (Å²) in [6.45, 7) is 10.0. The Morgan fingerprint density at radius 2 is 2.00 bits per heavy atom. The zero-order valence-electron chi connectivity index (χ0n) is 14.6. The highest BCUT2D eigenvalue weighted by molar-refractivity contribution is 5.36. The van der Waals surface area contributed by atoms with Crippen LogP contribution in [-0.2, 0) is 6.54 Å². The van der Waals surface area contributed by atoms with Gasteiger partial charge in [0.15, 0.2) is 0 Å². The highest BCUT2D eigenvalue weighted by atomic mass is 16.5. The van der Waals surface area contributed by atoms with Crippen molar-refractivity contribution in [2.24, 2.45) is 5.41 Å². The van der Waals surface area contributed by atoms with Gasteiger partial charge in [-0.1, -0.05) is 32.9 Å². The Labute approximate surface area is 138 Å². The number of hydrogen-bond donors (Lipinski definition) is 1. The first-order chi connectivity index (χ1) is 11.0. The van der Waals surface area contributed by atoms with Crippen LogP contribution in [0.3, 0.4) is 0 Å². The molecule has 2 aromatic rings. The quantitative estimate of drug-likeness (QED) is 0.933. The van der Waals surface area contributed by atoms with Gasteiger partial charge in [0.05, 0.1) is 24.8 Å². The molecule has 1 atom stereocenters. The van der Waals surface area contributed by atoms with E-state index in [0.29, 0.717) is 11.3 Å². The molecule has 4 heteroatoms. The van der Waals surface area contributed by atoms with Gasteiger partial charge in [-0.25, -0.2) is 4.98 Å². The number of nitrogens with zero attached hydrogens (tertiary/aromatic N) is 2. The minimum Gasteiger partial charge on any atom is -0.497 e. The molecule has 1 unspecified atom stereocenters. The molecule has 0 amide bonds. The molecule has 2 heterocycles. The summed E-state index contributed by atoms with van der Waals surface area (Å²) < 4.78 is 5.28. The average molecular weight is 313 g/mol. The van der Waals surface area contributed by atoms with Gasteiger partial charge in [0.2, 0.25) is 0 Å². The van der Waals surface area contributed by atoms with Gasteiger partial charge in [-0.15, -0.1) is 0 Å². The van der Waals surface area contributed by atoms with Gasteiger partial charge in [0, 0.05) is 19.0 Å². The van der Waals surface area contributed by atoms with Crippen molar-refractivity contribution in [2.75, 3.05) is 20.2 Å². The number of methoxy groups -OCH3 is 1. The highest BCUT2D eigenvalue weighted by Gasteiger charge is 2.29. The van der Waals surface area contributed by atoms with Crippen LogP contribution in [0.4, 0.5) is 0 Å². The van der Waals surface area contributed by atoms with Crippen LogP contribution in [-0.4, -0.2) is 35.1 Å². The molecule has 0 radical (unpaired) electrons. The Morgan fingerprint density at radius 3 is 2.65 bits per heavy atom. The number of fused-ring (bicyclic) bond motifs is 1. The Morgan fingerprint density at radius 1 is 1.26 bits per heavy atom. The third-order valence-corrected chi connectivity index (χ3v) is 4.60. The van der Waals surface area contributed by atoms with E-state index < -0.39 is 0 Å². The first kappa shape index (κ1) is 16.1. The number of ether oxygens (including phenoxy) is 1. The summed E-state index contributed by atoms with van der Waals surface area (Å²) in [5.74, 6) is 1.23. The molecule has 0 saturated heterocycles. The molecule has 0 spiro atoms. The number of H-pyrrole nitrogens is 1. The number of benzene rings is 1. The fraction of sp³-hybridized carbons (Fsp3) is 0.526. The van der Waals surface area contributed by atoms with E-state index in [0.717, 1.165) is 25.4 Å². The smallest absolute Gasteiger partial charge is 0.118 e. The van der Waals surface area contributed by atoms with Crippen molar-refractivity contribution in [3.8, 4) is 5.75 Å². The second kappa shape index (κ2) is 6.36. The molecule has 0 fully saturated rings. The Hall–Kier alpha value is -1.81. The lowest BCUT2D eigenvalue weighted by molar-refractivity contribution is 0.200. The van der Waals surface area contributed by atoms with Gasteiger partial charge in [0.1, 0.15) is 5.75 Å². The standard InChI is InChI=1S/C19H27N3O/c1-19(2,3)9-10-22-11-16(18-17(12-22)20-13-21-18)14-5-7-15(23-4)8-6-14/h5-8,13,16H,9-12H2,1-4H3,(H,20,21). The third kappa shape index (κ3) is 3.75. The van der Waals surface area contributed by atoms with Crippen LogP contribution in [0.25, 0.3) is 0 Å². The molecule has 0 bridgehead atoms. The largest absolute Gasteiger partial charge is 0.497 e. The van der Waals surface area contributed by atoms with Gasteiger partial charge in [-0.05, 0) is 36.1 Å². The van der Waals surface area contributed by atoms with Crippen LogP contribution < -0.4 is 4.74 Å². The van der Waals surface area contributed by atoms with Crippen molar-refractivity contribution in [1.29, 1.82) is 0 Å². The molecular weight excluding hydrogens is 286 g/mol. The van der Waals surface area contributed by atoms with Crippen molar-refractivity contribution in [1.82, 2.24) is 14.9 Å². The molecule has 1 aromatic heterocycles. The van der Waals surface area contributed by atoms with E-state index in [-0.39, 0.29) is 0 Å². The van der Waals surface area contributed by atoms with Crippen LogP contribution in [0.15, 0.2) is 30.6 Å². The summed E-state index contributed by atoms with van der Waals surface area (Å²) in [5.41, 5.74) is 4.12. The maximum absolute atomic E-state index is 5.28. The number of aromatic nitrogens is 2. The fourth-order valence-corrected chi connectivity index (χ4v) is 3.15. The van der Waals surface area contributed by atoms with Crippen LogP contribution in [0.2, 0.25) is 0 Å². The SMILES string of the molecule is COc1ccc(C2CN(CCC(C)(C)C)Cc3[nH]cnc32)cc1. The van der Waals surface area contributed by atoms with Crippen LogP contribution >= 0.6 is 0 Å². The molecule has 1 aliphatic heterocycles. The lowest BCUT2D eigenvalue weighted by Crippen LogP contribution is -2.36. The molecule has 1 aliphatic rings. The van der Waals surface area contributed by atoms with E-state index >= 15 is 0 Å². The number of nitrogens with one attached hydrogen (secondary N) is 1. The van der Waals surface area contributed by atoms with Crippen LogP contribution in [0.1, 0.15) is 50.1 Å². The highest BCUT2D eigenvalue weighted by Crippen LogP contribution is 2.33. The van der Waals surface area contributed by atoms with E-state index in [1.165, 1.54) is 23.4 Å². The van der Waals surface area contributed by atoms with E-state index in [4.69, 9.17) is 4.74 Å². The summed E-state index contributed by atoms with van der Waals surface area (Å²) in [5, 5.41) is 0. The Balaban J connectivity index is 1.81. The van der Waals surface area contributed by atoms with Gasteiger partial charge in [-0.3, -0.25) is 4.90 Å². The van der Waals surface area contributed by atoms with Crippen molar-refractivity contribution in [2.45, 2.75) is 39.7 Å². The monoisotopic (exact) mass is 313 g/mol. The predicted octanol–water partition coefficient (Wildman–Crippen LogP) is 3.80. The average Bonchev–Trinajstić information content (AvgIpc) is 3.00. The maximum Gasteiger partial charge on any atom is 0.118 e. The van der Waals surface area contributed by atoms with Gasteiger partial charge < -0.3 is 9.72 Å². The second-order valence-corrected chi connectivity index (χ2v) is 7.64. The minimum absolute atomic E-state index is 0.330. The molecule has 23 heavy (non-hydrogen) atoms. The van der Waals surface area contributed by atoms with E-state index in [9.17, 15) is 0 Å². The number of imidazole rings is 1. The first-order valence-corrected chi connectivity index (χ1v) is 8.35. The van der Waals surface area contributed by atoms with Crippen LogP contribution in [0, 0.1) is 5.41 Å². The molecule has 1 N–H and O–H groups in total. The Kier molecular flexibility index (Phi) is 4.44. The van der Waals surface area contributed by atoms with E-state index in [1.807, 2.05) is 18.5 Å². The summed E-state index contributed by atoms with van der Waals surface area (Å²) >= 11 is 0. The lowest BCUT2D eigenvalue weighted by Gasteiger charge is -2.34. The molecule has 0 aliphatic carbocycles. The van der Waals surface area contributed by atoms with Gasteiger partial charge in [-0.2, -0.15) is 0 Å². The normalized spacial score (nSPS) is 18.7. The number of rotatable bonds is 4. The molecular formula is C19H27N3O. The lowest BCUT2D eigenvalue weighted by atomic mass is 9.89. The summed E-state index contributed by atoms with van der Waals surface area (Å²) in [6, 6.07) is 8.40. The fourth-order valence-electron chi connectivity index (χ4n) is 3.15.